The number of hydrogen-bond acceptors (Lipinski definition) is 6. The number of esters is 1. The Balaban J connectivity index is 2.19. The van der Waals surface area contributed by atoms with Crippen LogP contribution < -0.4 is 0 Å². The summed E-state index contributed by atoms with van der Waals surface area (Å²) in [6.45, 7) is -0.508. The van der Waals surface area contributed by atoms with Gasteiger partial charge in [0.15, 0.2) is 11.8 Å². The first-order chi connectivity index (χ1) is 8.70. The highest BCUT2D eigenvalue weighted by molar-refractivity contribution is 5.93. The van der Waals surface area contributed by atoms with Gasteiger partial charge in [-0.05, 0) is 12.1 Å². The second-order valence-electron chi connectivity index (χ2n) is 4.02. The van der Waals surface area contributed by atoms with Crippen molar-refractivity contribution in [2.75, 3.05) is 6.61 Å². The predicted molar refractivity (Wildman–Crippen MR) is 60.8 cm³/mol. The molecule has 3 rings (SSSR count). The SMILES string of the molecule is O=C1O[C@H]([C@H](O)CO)c2nc3ccccc3nc21. The lowest BCUT2D eigenvalue weighted by Crippen LogP contribution is -2.23. The lowest BCUT2D eigenvalue weighted by molar-refractivity contribution is -0.0307. The van der Waals surface area contributed by atoms with Crippen molar-refractivity contribution in [1.82, 2.24) is 9.97 Å². The van der Waals surface area contributed by atoms with Crippen LogP contribution in [0.25, 0.3) is 11.0 Å². The summed E-state index contributed by atoms with van der Waals surface area (Å²) in [7, 11) is 0. The van der Waals surface area contributed by atoms with Crippen LogP contribution in [0.3, 0.4) is 0 Å². The standard InChI is InChI=1S/C12H10N2O4/c15-5-8(16)11-9-10(12(17)18-11)14-7-4-2-1-3-6(7)13-9/h1-4,8,11,15-16H,5H2/t8-,11-/m1/s1. The molecule has 2 aromatic rings. The van der Waals surface area contributed by atoms with Gasteiger partial charge in [0, 0.05) is 0 Å². The van der Waals surface area contributed by atoms with Crippen LogP contribution in [-0.4, -0.2) is 38.9 Å². The monoisotopic (exact) mass is 246 g/mol. The molecule has 0 unspecified atom stereocenters. The topological polar surface area (TPSA) is 92.5 Å². The van der Waals surface area contributed by atoms with Crippen LogP contribution in [0.15, 0.2) is 24.3 Å². The van der Waals surface area contributed by atoms with Crippen molar-refractivity contribution in [3.05, 3.63) is 35.7 Å². The largest absolute Gasteiger partial charge is 0.448 e. The van der Waals surface area contributed by atoms with Crippen LogP contribution in [0.2, 0.25) is 0 Å². The third-order valence-corrected chi connectivity index (χ3v) is 2.83. The van der Waals surface area contributed by atoms with E-state index in [0.29, 0.717) is 11.0 Å². The van der Waals surface area contributed by atoms with Gasteiger partial charge in [0.1, 0.15) is 11.8 Å². The highest BCUT2D eigenvalue weighted by Gasteiger charge is 2.38. The molecule has 0 bridgehead atoms. The second kappa shape index (κ2) is 4.01. The molecular formula is C12H10N2O4. The Morgan fingerprint density at radius 1 is 1.28 bits per heavy atom. The highest BCUT2D eigenvalue weighted by Crippen LogP contribution is 2.31. The number of carbonyl (C=O) groups excluding carboxylic acids is 1. The average Bonchev–Trinajstić information content (AvgIpc) is 2.72. The van der Waals surface area contributed by atoms with Gasteiger partial charge in [-0.2, -0.15) is 0 Å². The number of fused-ring (bicyclic) bond motifs is 2. The smallest absolute Gasteiger partial charge is 0.359 e. The Hall–Kier alpha value is -2.05. The van der Waals surface area contributed by atoms with Gasteiger partial charge in [-0.3, -0.25) is 0 Å². The van der Waals surface area contributed by atoms with Crippen LogP contribution in [0.1, 0.15) is 22.3 Å². The number of benzene rings is 1. The molecule has 0 spiro atoms. The lowest BCUT2D eigenvalue weighted by atomic mass is 10.1. The molecule has 6 nitrogen and oxygen atoms in total. The zero-order valence-electron chi connectivity index (χ0n) is 9.28. The summed E-state index contributed by atoms with van der Waals surface area (Å²) < 4.78 is 4.98. The molecule has 1 aromatic carbocycles. The summed E-state index contributed by atoms with van der Waals surface area (Å²) >= 11 is 0. The Kier molecular flexibility index (Phi) is 2.46. The maximum absolute atomic E-state index is 11.6. The number of aromatic nitrogens is 2. The van der Waals surface area contributed by atoms with E-state index in [9.17, 15) is 9.90 Å². The van der Waals surface area contributed by atoms with Gasteiger partial charge in [-0.1, -0.05) is 12.1 Å². The van der Waals surface area contributed by atoms with Crippen LogP contribution in [0, 0.1) is 0 Å². The molecule has 1 aromatic heterocycles. The summed E-state index contributed by atoms with van der Waals surface area (Å²) in [5.41, 5.74) is 1.59. The number of cyclic esters (lactones) is 1. The number of aliphatic hydroxyl groups excluding tert-OH is 2. The fourth-order valence-corrected chi connectivity index (χ4v) is 1.95. The van der Waals surface area contributed by atoms with Gasteiger partial charge >= 0.3 is 5.97 Å². The number of rotatable bonds is 2. The zero-order chi connectivity index (χ0) is 12.7. The molecule has 92 valence electrons. The second-order valence-corrected chi connectivity index (χ2v) is 4.02. The van der Waals surface area contributed by atoms with Crippen LogP contribution in [0.4, 0.5) is 0 Å². The summed E-state index contributed by atoms with van der Waals surface area (Å²) in [5.74, 6) is -0.624. The summed E-state index contributed by atoms with van der Waals surface area (Å²) in [5, 5.41) is 18.5. The van der Waals surface area contributed by atoms with E-state index in [4.69, 9.17) is 9.84 Å². The van der Waals surface area contributed by atoms with Crippen LogP contribution >= 0.6 is 0 Å². The molecule has 6 heteroatoms. The van der Waals surface area contributed by atoms with E-state index in [2.05, 4.69) is 9.97 Å². The molecule has 2 atom stereocenters. The fourth-order valence-electron chi connectivity index (χ4n) is 1.95. The number of aliphatic hydroxyl groups is 2. The number of hydrogen-bond donors (Lipinski definition) is 2. The first kappa shape index (κ1) is 11.1. The molecule has 0 saturated heterocycles. The highest BCUT2D eigenvalue weighted by atomic mass is 16.6. The average molecular weight is 246 g/mol. The molecule has 18 heavy (non-hydrogen) atoms. The first-order valence-electron chi connectivity index (χ1n) is 5.47. The minimum atomic E-state index is -1.19. The quantitative estimate of drug-likeness (QED) is 0.735. The molecule has 2 N–H and O–H groups in total. The van der Waals surface area contributed by atoms with Gasteiger partial charge in [-0.15, -0.1) is 0 Å². The molecule has 0 saturated carbocycles. The van der Waals surface area contributed by atoms with Crippen LogP contribution in [-0.2, 0) is 4.74 Å². The summed E-state index contributed by atoms with van der Waals surface area (Å²) in [6, 6.07) is 7.10. The van der Waals surface area contributed by atoms with Gasteiger partial charge in [0.05, 0.1) is 17.6 Å². The maximum atomic E-state index is 11.6. The Morgan fingerprint density at radius 2 is 1.94 bits per heavy atom. The van der Waals surface area contributed by atoms with Gasteiger partial charge in [0.2, 0.25) is 0 Å². The van der Waals surface area contributed by atoms with E-state index in [0.717, 1.165) is 0 Å². The number of para-hydroxylation sites is 2. The molecule has 2 heterocycles. The fraction of sp³-hybridized carbons (Fsp3) is 0.250. The van der Waals surface area contributed by atoms with Crippen molar-refractivity contribution in [2.24, 2.45) is 0 Å². The van der Waals surface area contributed by atoms with Crippen LogP contribution in [0.5, 0.6) is 0 Å². The minimum absolute atomic E-state index is 0.103. The van der Waals surface area contributed by atoms with Crippen molar-refractivity contribution in [2.45, 2.75) is 12.2 Å². The zero-order valence-corrected chi connectivity index (χ0v) is 9.28. The van der Waals surface area contributed by atoms with Crippen molar-refractivity contribution in [3.63, 3.8) is 0 Å². The summed E-state index contributed by atoms with van der Waals surface area (Å²) in [6.07, 6.45) is -2.14. The number of nitrogens with zero attached hydrogens (tertiary/aromatic N) is 2. The number of carbonyl (C=O) groups is 1. The normalized spacial score (nSPS) is 19.7. The van der Waals surface area contributed by atoms with Gasteiger partial charge < -0.3 is 14.9 Å². The van der Waals surface area contributed by atoms with E-state index in [1.165, 1.54) is 0 Å². The molecule has 0 radical (unpaired) electrons. The van der Waals surface area contributed by atoms with E-state index in [1.807, 2.05) is 0 Å². The molecule has 0 aliphatic carbocycles. The third kappa shape index (κ3) is 1.54. The van der Waals surface area contributed by atoms with Gasteiger partial charge in [0.25, 0.3) is 0 Å². The Bertz CT molecular complexity index is 629. The summed E-state index contributed by atoms with van der Waals surface area (Å²) in [4.78, 5) is 20.1. The molecular weight excluding hydrogens is 236 g/mol. The van der Waals surface area contributed by atoms with E-state index in [1.54, 1.807) is 24.3 Å². The molecule has 0 fully saturated rings. The van der Waals surface area contributed by atoms with Crippen molar-refractivity contribution >= 4 is 17.0 Å². The minimum Gasteiger partial charge on any atom is -0.448 e. The van der Waals surface area contributed by atoms with E-state index in [-0.39, 0.29) is 11.4 Å². The molecule has 0 amide bonds. The lowest BCUT2D eigenvalue weighted by Gasteiger charge is -2.14. The molecule has 1 aliphatic heterocycles. The van der Waals surface area contributed by atoms with Crippen molar-refractivity contribution < 1.29 is 19.7 Å². The Labute approximate surface area is 102 Å². The number of ether oxygens (including phenoxy) is 1. The van der Waals surface area contributed by atoms with E-state index < -0.39 is 24.8 Å². The third-order valence-electron chi connectivity index (χ3n) is 2.83. The van der Waals surface area contributed by atoms with Crippen molar-refractivity contribution in [1.29, 1.82) is 0 Å². The predicted octanol–water partition coefficient (Wildman–Crippen LogP) is 0.194. The van der Waals surface area contributed by atoms with E-state index >= 15 is 0 Å². The van der Waals surface area contributed by atoms with Crippen molar-refractivity contribution in [3.8, 4) is 0 Å². The first-order valence-corrected chi connectivity index (χ1v) is 5.47. The van der Waals surface area contributed by atoms with Gasteiger partial charge in [-0.25, -0.2) is 14.8 Å². The Morgan fingerprint density at radius 3 is 2.61 bits per heavy atom. The molecule has 1 aliphatic rings. The maximum Gasteiger partial charge on any atom is 0.359 e.